The van der Waals surface area contributed by atoms with Gasteiger partial charge in [0.05, 0.1) is 16.3 Å². The maximum atomic E-state index is 13.3. The lowest BCUT2D eigenvalue weighted by Gasteiger charge is -2.25. The summed E-state index contributed by atoms with van der Waals surface area (Å²) in [6.45, 7) is 5.74. The van der Waals surface area contributed by atoms with Gasteiger partial charge in [-0.05, 0) is 62.9 Å². The first kappa shape index (κ1) is 28.1. The standard InChI is InChI=1S/C27H36N4O5S2/c1-19(16-22-10-5-4-6-11-22)28-18-23-12-7-8-15-26(23)31-37(32,33)25-14-9-13-24(17-25)30-38(34,35)27-20(2)29-36-21(27)3/h7-9,12-15,17,19,22,28,30-31H,4-6,10-11,16,18H2,1-3H3/t19-/m0/s1. The van der Waals surface area contributed by atoms with Gasteiger partial charge in [-0.15, -0.1) is 0 Å². The van der Waals surface area contributed by atoms with Crippen molar-refractivity contribution in [2.75, 3.05) is 9.44 Å². The van der Waals surface area contributed by atoms with E-state index < -0.39 is 20.0 Å². The maximum Gasteiger partial charge on any atom is 0.267 e. The molecular weight excluding hydrogens is 524 g/mol. The second-order valence-electron chi connectivity index (χ2n) is 10.1. The van der Waals surface area contributed by atoms with E-state index >= 15 is 0 Å². The molecule has 0 aliphatic heterocycles. The fraction of sp³-hybridized carbons (Fsp3) is 0.444. The molecule has 0 radical (unpaired) electrons. The van der Waals surface area contributed by atoms with Crippen molar-refractivity contribution in [1.82, 2.24) is 10.5 Å². The van der Waals surface area contributed by atoms with Crippen LogP contribution in [0.25, 0.3) is 0 Å². The zero-order valence-electron chi connectivity index (χ0n) is 22.0. The molecule has 3 N–H and O–H groups in total. The van der Waals surface area contributed by atoms with Crippen molar-refractivity contribution in [2.45, 2.75) is 81.7 Å². The second-order valence-corrected chi connectivity index (χ2v) is 13.4. The van der Waals surface area contributed by atoms with Crippen LogP contribution in [-0.4, -0.2) is 28.0 Å². The zero-order valence-corrected chi connectivity index (χ0v) is 23.7. The Morgan fingerprint density at radius 2 is 1.68 bits per heavy atom. The van der Waals surface area contributed by atoms with Gasteiger partial charge in [-0.3, -0.25) is 9.44 Å². The Bertz CT molecular complexity index is 1440. The Labute approximate surface area is 225 Å². The van der Waals surface area contributed by atoms with Crippen LogP contribution in [0.1, 0.15) is 62.5 Å². The Balaban J connectivity index is 1.46. The Morgan fingerprint density at radius 1 is 0.947 bits per heavy atom. The lowest BCUT2D eigenvalue weighted by atomic mass is 9.85. The van der Waals surface area contributed by atoms with Crippen LogP contribution < -0.4 is 14.8 Å². The van der Waals surface area contributed by atoms with Crippen molar-refractivity contribution in [1.29, 1.82) is 0 Å². The van der Waals surface area contributed by atoms with Crippen LogP contribution in [0.15, 0.2) is 62.8 Å². The van der Waals surface area contributed by atoms with Gasteiger partial charge >= 0.3 is 0 Å². The average molecular weight is 561 g/mol. The molecule has 0 amide bonds. The molecule has 0 bridgehead atoms. The van der Waals surface area contributed by atoms with E-state index in [1.807, 2.05) is 12.1 Å². The highest BCUT2D eigenvalue weighted by Crippen LogP contribution is 2.28. The largest absolute Gasteiger partial charge is 0.360 e. The molecule has 1 aliphatic rings. The minimum absolute atomic E-state index is 0.0649. The molecule has 38 heavy (non-hydrogen) atoms. The summed E-state index contributed by atoms with van der Waals surface area (Å²) in [7, 11) is -8.00. The Kier molecular flexibility index (Phi) is 8.79. The molecule has 3 aromatic rings. The fourth-order valence-electron chi connectivity index (χ4n) is 5.06. The van der Waals surface area contributed by atoms with Crippen molar-refractivity contribution in [2.24, 2.45) is 5.92 Å². The van der Waals surface area contributed by atoms with Crippen molar-refractivity contribution in [3.8, 4) is 0 Å². The van der Waals surface area contributed by atoms with Crippen LogP contribution in [0.3, 0.4) is 0 Å². The van der Waals surface area contributed by atoms with Gasteiger partial charge in [0, 0.05) is 12.6 Å². The normalized spacial score (nSPS) is 15.8. The predicted molar refractivity (Wildman–Crippen MR) is 148 cm³/mol. The van der Waals surface area contributed by atoms with Crippen LogP contribution in [0.4, 0.5) is 11.4 Å². The number of aryl methyl sites for hydroxylation is 2. The predicted octanol–water partition coefficient (Wildman–Crippen LogP) is 5.34. The minimum Gasteiger partial charge on any atom is -0.360 e. The molecule has 0 spiro atoms. The molecule has 1 aliphatic carbocycles. The molecule has 1 atom stereocenters. The highest BCUT2D eigenvalue weighted by Gasteiger charge is 2.25. The van der Waals surface area contributed by atoms with E-state index in [0.29, 0.717) is 18.3 Å². The molecule has 2 aromatic carbocycles. The van der Waals surface area contributed by atoms with Crippen molar-refractivity contribution < 1.29 is 21.4 Å². The highest BCUT2D eigenvalue weighted by molar-refractivity contribution is 7.93. The molecule has 0 unspecified atom stereocenters. The third-order valence-electron chi connectivity index (χ3n) is 6.95. The van der Waals surface area contributed by atoms with Gasteiger partial charge in [0.2, 0.25) is 0 Å². The van der Waals surface area contributed by atoms with Gasteiger partial charge in [-0.25, -0.2) is 16.8 Å². The molecule has 11 heteroatoms. The first-order chi connectivity index (χ1) is 18.0. The van der Waals surface area contributed by atoms with Crippen molar-refractivity contribution >= 4 is 31.4 Å². The fourth-order valence-corrected chi connectivity index (χ4v) is 7.59. The van der Waals surface area contributed by atoms with E-state index in [1.54, 1.807) is 12.1 Å². The topological polar surface area (TPSA) is 130 Å². The van der Waals surface area contributed by atoms with Gasteiger partial charge < -0.3 is 9.84 Å². The summed E-state index contributed by atoms with van der Waals surface area (Å²) in [5.74, 6) is 0.904. The van der Waals surface area contributed by atoms with Gasteiger partial charge in [0.25, 0.3) is 20.0 Å². The Hall–Kier alpha value is -2.89. The molecule has 1 saturated carbocycles. The molecule has 4 rings (SSSR count). The van der Waals surface area contributed by atoms with E-state index in [9.17, 15) is 16.8 Å². The van der Waals surface area contributed by atoms with Gasteiger partial charge in [-0.2, -0.15) is 0 Å². The number of rotatable bonds is 11. The maximum absolute atomic E-state index is 13.3. The quantitative estimate of drug-likeness (QED) is 0.288. The number of hydrogen-bond acceptors (Lipinski definition) is 7. The number of anilines is 2. The van der Waals surface area contributed by atoms with Crippen LogP contribution in [0.2, 0.25) is 0 Å². The van der Waals surface area contributed by atoms with Crippen LogP contribution >= 0.6 is 0 Å². The van der Waals surface area contributed by atoms with E-state index in [0.717, 1.165) is 17.9 Å². The first-order valence-electron chi connectivity index (χ1n) is 12.9. The molecular formula is C27H36N4O5S2. The number of nitrogens with zero attached hydrogens (tertiary/aromatic N) is 1. The number of hydrogen-bond donors (Lipinski definition) is 3. The number of nitrogens with one attached hydrogen (secondary N) is 3. The summed E-state index contributed by atoms with van der Waals surface area (Å²) < 4.78 is 62.4. The van der Waals surface area contributed by atoms with Crippen LogP contribution in [-0.2, 0) is 26.6 Å². The molecule has 1 fully saturated rings. The average Bonchev–Trinajstić information content (AvgIpc) is 3.22. The summed E-state index contributed by atoms with van der Waals surface area (Å²) in [6.07, 6.45) is 7.65. The first-order valence-corrected chi connectivity index (χ1v) is 15.9. The number of aromatic nitrogens is 1. The zero-order chi connectivity index (χ0) is 27.3. The Morgan fingerprint density at radius 3 is 2.39 bits per heavy atom. The molecule has 1 heterocycles. The molecule has 9 nitrogen and oxygen atoms in total. The lowest BCUT2D eigenvalue weighted by Crippen LogP contribution is -2.29. The lowest BCUT2D eigenvalue weighted by molar-refractivity contribution is 0.305. The van der Waals surface area contributed by atoms with E-state index in [-0.39, 0.29) is 26.9 Å². The summed E-state index contributed by atoms with van der Waals surface area (Å²) in [5, 5.41) is 7.23. The summed E-state index contributed by atoms with van der Waals surface area (Å²) in [4.78, 5) is -0.132. The van der Waals surface area contributed by atoms with Gasteiger partial charge in [0.15, 0.2) is 10.7 Å². The summed E-state index contributed by atoms with van der Waals surface area (Å²) >= 11 is 0. The smallest absolute Gasteiger partial charge is 0.267 e. The molecule has 0 saturated heterocycles. The van der Waals surface area contributed by atoms with Crippen LogP contribution in [0, 0.1) is 19.8 Å². The van der Waals surface area contributed by atoms with E-state index in [1.165, 1.54) is 70.2 Å². The van der Waals surface area contributed by atoms with E-state index in [4.69, 9.17) is 4.52 Å². The third kappa shape index (κ3) is 6.95. The van der Waals surface area contributed by atoms with E-state index in [2.05, 4.69) is 26.8 Å². The summed E-state index contributed by atoms with van der Waals surface area (Å²) in [5.41, 5.74) is 1.64. The van der Waals surface area contributed by atoms with Crippen molar-refractivity contribution in [3.05, 3.63) is 65.5 Å². The molecule has 1 aromatic heterocycles. The minimum atomic E-state index is -4.02. The number of benzene rings is 2. The summed E-state index contributed by atoms with van der Waals surface area (Å²) in [6, 6.07) is 13.3. The number of para-hydroxylation sites is 1. The highest BCUT2D eigenvalue weighted by atomic mass is 32.2. The SMILES string of the molecule is Cc1noc(C)c1S(=O)(=O)Nc1cccc(S(=O)(=O)Nc2ccccc2CN[C@@H](C)CC2CCCCC2)c1. The molecule has 206 valence electrons. The second kappa shape index (κ2) is 11.9. The monoisotopic (exact) mass is 560 g/mol. The number of sulfonamides is 2. The van der Waals surface area contributed by atoms with Gasteiger partial charge in [-0.1, -0.05) is 61.5 Å². The van der Waals surface area contributed by atoms with Crippen LogP contribution in [0.5, 0.6) is 0 Å². The third-order valence-corrected chi connectivity index (χ3v) is 9.94. The van der Waals surface area contributed by atoms with Crippen molar-refractivity contribution in [3.63, 3.8) is 0 Å². The van der Waals surface area contributed by atoms with Gasteiger partial charge in [0.1, 0.15) is 5.69 Å².